The molecule has 1 rings (SSSR count). The van der Waals surface area contributed by atoms with Crippen LogP contribution < -0.4 is 9.86 Å². The highest BCUT2D eigenvalue weighted by molar-refractivity contribution is 7.90. The van der Waals surface area contributed by atoms with Gasteiger partial charge in [-0.25, -0.2) is 35.9 Å². The van der Waals surface area contributed by atoms with E-state index >= 15 is 0 Å². The number of sulfonamides is 2. The quantitative estimate of drug-likeness (QED) is 0.617. The number of nitrogens with two attached hydrogens (primary N) is 1. The molecule has 0 spiro atoms. The van der Waals surface area contributed by atoms with Gasteiger partial charge in [0.2, 0.25) is 20.0 Å². The molecule has 0 aliphatic carbocycles. The first kappa shape index (κ1) is 16.5. The lowest BCUT2D eigenvalue weighted by atomic mass is 10.2. The smallest absolute Gasteiger partial charge is 0.338 e. The fourth-order valence-corrected chi connectivity index (χ4v) is 2.81. The number of carboxylic acid groups (broad SMARTS) is 1. The number of carboxylic acids is 1. The van der Waals surface area contributed by atoms with Crippen molar-refractivity contribution in [3.63, 3.8) is 0 Å². The molecule has 1 aromatic rings. The van der Waals surface area contributed by atoms with Gasteiger partial charge in [-0.05, 0) is 18.2 Å². The molecular formula is C9H11FN2O6S2. The van der Waals surface area contributed by atoms with E-state index in [1.165, 1.54) is 0 Å². The highest BCUT2D eigenvalue weighted by Gasteiger charge is 2.19. The Morgan fingerprint density at radius 2 is 1.90 bits per heavy atom. The van der Waals surface area contributed by atoms with Crippen molar-refractivity contribution in [2.45, 2.75) is 4.90 Å². The van der Waals surface area contributed by atoms with Gasteiger partial charge in [-0.15, -0.1) is 0 Å². The van der Waals surface area contributed by atoms with E-state index < -0.39 is 54.6 Å². The van der Waals surface area contributed by atoms with E-state index in [9.17, 15) is 26.0 Å². The van der Waals surface area contributed by atoms with E-state index in [1.807, 2.05) is 4.72 Å². The van der Waals surface area contributed by atoms with Gasteiger partial charge in [0.1, 0.15) is 5.82 Å². The lowest BCUT2D eigenvalue weighted by Crippen LogP contribution is -2.31. The van der Waals surface area contributed by atoms with Crippen molar-refractivity contribution in [3.05, 3.63) is 29.6 Å². The van der Waals surface area contributed by atoms with Crippen LogP contribution in [0.2, 0.25) is 0 Å². The molecule has 0 aliphatic heterocycles. The highest BCUT2D eigenvalue weighted by atomic mass is 32.2. The first-order valence-electron chi connectivity index (χ1n) is 5.06. The molecule has 0 saturated heterocycles. The lowest BCUT2D eigenvalue weighted by Gasteiger charge is -2.07. The maximum absolute atomic E-state index is 13.1. The molecule has 1 aromatic carbocycles. The Morgan fingerprint density at radius 3 is 2.40 bits per heavy atom. The van der Waals surface area contributed by atoms with E-state index in [-0.39, 0.29) is 0 Å². The molecule has 8 nitrogen and oxygen atoms in total. The third-order valence-corrected chi connectivity index (χ3v) is 4.39. The van der Waals surface area contributed by atoms with E-state index in [1.54, 1.807) is 0 Å². The highest BCUT2D eigenvalue weighted by Crippen LogP contribution is 2.15. The standard InChI is InChI=1S/C9H11FN2O6S2/c10-8-2-1-6(5-7(8)9(13)14)20(17,18)12-3-4-19(11,15)16/h1-2,5,12H,3-4H2,(H,13,14)(H2,11,15,16). The average Bonchev–Trinajstić information content (AvgIpc) is 2.26. The summed E-state index contributed by atoms with van der Waals surface area (Å²) in [5.74, 6) is -3.33. The normalized spacial score (nSPS) is 12.3. The maximum atomic E-state index is 13.1. The Labute approximate surface area is 114 Å². The minimum absolute atomic E-state index is 0.485. The lowest BCUT2D eigenvalue weighted by molar-refractivity contribution is 0.0691. The first-order valence-corrected chi connectivity index (χ1v) is 8.26. The van der Waals surface area contributed by atoms with E-state index in [0.717, 1.165) is 6.07 Å². The van der Waals surface area contributed by atoms with Gasteiger partial charge in [-0.3, -0.25) is 0 Å². The number of hydrogen-bond acceptors (Lipinski definition) is 5. The SMILES string of the molecule is NS(=O)(=O)CCNS(=O)(=O)c1ccc(F)c(C(=O)O)c1. The molecule has 112 valence electrons. The summed E-state index contributed by atoms with van der Waals surface area (Å²) >= 11 is 0. The summed E-state index contributed by atoms with van der Waals surface area (Å²) in [4.78, 5) is 10.2. The Kier molecular flexibility index (Phi) is 4.81. The van der Waals surface area contributed by atoms with Crippen LogP contribution >= 0.6 is 0 Å². The van der Waals surface area contributed by atoms with Gasteiger partial charge in [0.15, 0.2) is 0 Å². The number of primary sulfonamides is 1. The van der Waals surface area contributed by atoms with Crippen LogP contribution in [0.3, 0.4) is 0 Å². The number of nitrogens with one attached hydrogen (secondary N) is 1. The summed E-state index contributed by atoms with van der Waals surface area (Å²) in [5, 5.41) is 13.4. The fraction of sp³-hybridized carbons (Fsp3) is 0.222. The summed E-state index contributed by atoms with van der Waals surface area (Å²) in [6.45, 7) is -0.485. The Balaban J connectivity index is 2.99. The molecule has 0 heterocycles. The van der Waals surface area contributed by atoms with E-state index in [2.05, 4.69) is 0 Å². The van der Waals surface area contributed by atoms with Crippen molar-refractivity contribution in [2.75, 3.05) is 12.3 Å². The second-order valence-electron chi connectivity index (χ2n) is 3.71. The number of benzene rings is 1. The van der Waals surface area contributed by atoms with Crippen LogP contribution in [0.5, 0.6) is 0 Å². The van der Waals surface area contributed by atoms with Crippen LogP contribution in [0.25, 0.3) is 0 Å². The van der Waals surface area contributed by atoms with Gasteiger partial charge in [-0.2, -0.15) is 0 Å². The number of aromatic carboxylic acids is 1. The van der Waals surface area contributed by atoms with Gasteiger partial charge in [0, 0.05) is 6.54 Å². The molecule has 0 saturated carbocycles. The third kappa shape index (κ3) is 4.52. The van der Waals surface area contributed by atoms with Crippen LogP contribution in [0.4, 0.5) is 4.39 Å². The average molecular weight is 326 g/mol. The van der Waals surface area contributed by atoms with Crippen LogP contribution in [0, 0.1) is 5.82 Å². The van der Waals surface area contributed by atoms with Gasteiger partial charge in [0.05, 0.1) is 16.2 Å². The molecular weight excluding hydrogens is 315 g/mol. The minimum atomic E-state index is -4.16. The fourth-order valence-electron chi connectivity index (χ4n) is 1.24. The van der Waals surface area contributed by atoms with Gasteiger partial charge in [0.25, 0.3) is 0 Å². The van der Waals surface area contributed by atoms with E-state index in [0.29, 0.717) is 12.1 Å². The van der Waals surface area contributed by atoms with Crippen molar-refractivity contribution in [1.82, 2.24) is 4.72 Å². The van der Waals surface area contributed by atoms with E-state index in [4.69, 9.17) is 10.2 Å². The van der Waals surface area contributed by atoms with Gasteiger partial charge < -0.3 is 5.11 Å². The largest absolute Gasteiger partial charge is 0.478 e. The number of rotatable bonds is 6. The zero-order valence-corrected chi connectivity index (χ0v) is 11.5. The zero-order valence-electron chi connectivity index (χ0n) is 9.91. The number of halogens is 1. The molecule has 11 heteroatoms. The molecule has 4 N–H and O–H groups in total. The summed E-state index contributed by atoms with van der Waals surface area (Å²) in [6, 6.07) is 2.19. The monoisotopic (exact) mass is 326 g/mol. The predicted octanol–water partition coefficient (Wildman–Crippen LogP) is -0.909. The zero-order chi connectivity index (χ0) is 15.6. The Morgan fingerprint density at radius 1 is 1.30 bits per heavy atom. The molecule has 0 bridgehead atoms. The number of hydrogen-bond donors (Lipinski definition) is 3. The molecule has 0 aromatic heterocycles. The number of carbonyl (C=O) groups is 1. The van der Waals surface area contributed by atoms with Crippen molar-refractivity contribution in [2.24, 2.45) is 5.14 Å². The molecule has 0 atom stereocenters. The molecule has 20 heavy (non-hydrogen) atoms. The van der Waals surface area contributed by atoms with Crippen molar-refractivity contribution in [1.29, 1.82) is 0 Å². The molecule has 0 unspecified atom stereocenters. The first-order chi connectivity index (χ1) is 9.03. The molecule has 0 fully saturated rings. The summed E-state index contributed by atoms with van der Waals surface area (Å²) in [6.07, 6.45) is 0. The molecule has 0 amide bonds. The van der Waals surface area contributed by atoms with Crippen LogP contribution in [0.15, 0.2) is 23.1 Å². The summed E-state index contributed by atoms with van der Waals surface area (Å²) in [7, 11) is -7.99. The Bertz CT molecular complexity index is 729. The Hall–Kier alpha value is -1.56. The van der Waals surface area contributed by atoms with Crippen LogP contribution in [0.1, 0.15) is 10.4 Å². The molecule has 0 radical (unpaired) electrons. The van der Waals surface area contributed by atoms with Crippen LogP contribution in [-0.4, -0.2) is 40.2 Å². The topological polar surface area (TPSA) is 144 Å². The molecule has 0 aliphatic rings. The third-order valence-electron chi connectivity index (χ3n) is 2.16. The van der Waals surface area contributed by atoms with Gasteiger partial charge >= 0.3 is 5.97 Å². The second-order valence-corrected chi connectivity index (χ2v) is 7.21. The maximum Gasteiger partial charge on any atom is 0.338 e. The van der Waals surface area contributed by atoms with Crippen LogP contribution in [-0.2, 0) is 20.0 Å². The summed E-state index contributed by atoms with van der Waals surface area (Å²) in [5.41, 5.74) is -0.806. The summed E-state index contributed by atoms with van der Waals surface area (Å²) < 4.78 is 59.8. The van der Waals surface area contributed by atoms with Crippen molar-refractivity contribution in [3.8, 4) is 0 Å². The van der Waals surface area contributed by atoms with Gasteiger partial charge in [-0.1, -0.05) is 0 Å². The minimum Gasteiger partial charge on any atom is -0.478 e. The second kappa shape index (κ2) is 5.83. The predicted molar refractivity (Wildman–Crippen MR) is 66.5 cm³/mol. The van der Waals surface area contributed by atoms with Crippen molar-refractivity contribution >= 4 is 26.0 Å². The van der Waals surface area contributed by atoms with Crippen molar-refractivity contribution < 1.29 is 31.1 Å².